The number of benzene rings is 4. The molecule has 0 bridgehead atoms. The van der Waals surface area contributed by atoms with Crippen LogP contribution < -0.4 is 0 Å². The van der Waals surface area contributed by atoms with Crippen LogP contribution in [0.4, 0.5) is 0 Å². The van der Waals surface area contributed by atoms with Crippen LogP contribution in [0.3, 0.4) is 0 Å². The highest BCUT2D eigenvalue weighted by molar-refractivity contribution is 6.27. The Bertz CT molecular complexity index is 1200. The zero-order valence-corrected chi connectivity index (χ0v) is 14.5. The molecular weight excluding hydrogens is 318 g/mol. The van der Waals surface area contributed by atoms with Gasteiger partial charge >= 0.3 is 0 Å². The molecule has 0 N–H and O–H groups in total. The van der Waals surface area contributed by atoms with Crippen molar-refractivity contribution in [3.05, 3.63) is 72.8 Å². The second-order valence-corrected chi connectivity index (χ2v) is 7.26. The molecule has 1 aliphatic rings. The highest BCUT2D eigenvalue weighted by Gasteiger charge is 2.23. The van der Waals surface area contributed by atoms with E-state index in [4.69, 9.17) is 4.74 Å². The molecule has 4 aromatic carbocycles. The van der Waals surface area contributed by atoms with Crippen LogP contribution in [0.5, 0.6) is 0 Å². The molecule has 1 unspecified atom stereocenters. The smallest absolute Gasteiger partial charge is 0.0826 e. The first kappa shape index (κ1) is 14.3. The molecule has 1 aromatic heterocycles. The molecule has 126 valence electrons. The number of aryl methyl sites for hydroxylation is 1. The molecule has 2 heteroatoms. The number of hydrogen-bond donors (Lipinski definition) is 0. The van der Waals surface area contributed by atoms with Crippen molar-refractivity contribution >= 4 is 43.4 Å². The van der Waals surface area contributed by atoms with Crippen LogP contribution in [0.1, 0.15) is 6.42 Å². The van der Waals surface area contributed by atoms with Crippen molar-refractivity contribution < 1.29 is 4.74 Å². The van der Waals surface area contributed by atoms with Crippen LogP contribution >= 0.6 is 0 Å². The van der Waals surface area contributed by atoms with E-state index >= 15 is 0 Å². The average Bonchev–Trinajstić information content (AvgIpc) is 3.46. The summed E-state index contributed by atoms with van der Waals surface area (Å²) in [6.07, 6.45) is 1.53. The lowest BCUT2D eigenvalue weighted by Gasteiger charge is -2.07. The Morgan fingerprint density at radius 3 is 1.81 bits per heavy atom. The molecule has 2 heterocycles. The second kappa shape index (κ2) is 5.33. The van der Waals surface area contributed by atoms with Gasteiger partial charge in [0, 0.05) is 28.4 Å². The van der Waals surface area contributed by atoms with Crippen molar-refractivity contribution in [1.29, 1.82) is 0 Å². The van der Waals surface area contributed by atoms with Gasteiger partial charge < -0.3 is 9.30 Å². The van der Waals surface area contributed by atoms with Crippen LogP contribution in [0.15, 0.2) is 72.8 Å². The van der Waals surface area contributed by atoms with Crippen LogP contribution in [0, 0.1) is 0 Å². The Morgan fingerprint density at radius 2 is 1.27 bits per heavy atom. The highest BCUT2D eigenvalue weighted by Crippen LogP contribution is 2.39. The number of aromatic nitrogens is 1. The molecule has 0 aliphatic carbocycles. The van der Waals surface area contributed by atoms with E-state index in [2.05, 4.69) is 77.4 Å². The largest absolute Gasteiger partial charge is 0.373 e. The number of ether oxygens (including phenoxy) is 1. The monoisotopic (exact) mass is 337 g/mol. The predicted molar refractivity (Wildman–Crippen MR) is 109 cm³/mol. The Labute approximate surface area is 151 Å². The van der Waals surface area contributed by atoms with Crippen molar-refractivity contribution in [3.8, 4) is 0 Å². The fraction of sp³-hybridized carbons (Fsp3) is 0.167. The molecule has 1 aliphatic heterocycles. The Balaban J connectivity index is 1.80. The van der Waals surface area contributed by atoms with E-state index < -0.39 is 0 Å². The summed E-state index contributed by atoms with van der Waals surface area (Å²) in [6, 6.07) is 26.6. The minimum absolute atomic E-state index is 0.448. The lowest BCUT2D eigenvalue weighted by Crippen LogP contribution is -2.00. The van der Waals surface area contributed by atoms with Crippen molar-refractivity contribution in [1.82, 2.24) is 4.57 Å². The summed E-state index contributed by atoms with van der Waals surface area (Å²) in [7, 11) is 0. The molecule has 5 aromatic rings. The average molecular weight is 337 g/mol. The molecule has 1 fully saturated rings. The first-order valence-corrected chi connectivity index (χ1v) is 9.33. The molecule has 0 spiro atoms. The molecule has 0 saturated carbocycles. The summed E-state index contributed by atoms with van der Waals surface area (Å²) in [5, 5.41) is 8.05. The summed E-state index contributed by atoms with van der Waals surface area (Å²) in [5.74, 6) is 0. The minimum Gasteiger partial charge on any atom is -0.373 e. The van der Waals surface area contributed by atoms with E-state index in [1.807, 2.05) is 0 Å². The lowest BCUT2D eigenvalue weighted by atomic mass is 10.00. The van der Waals surface area contributed by atoms with E-state index in [0.717, 1.165) is 19.6 Å². The summed E-state index contributed by atoms with van der Waals surface area (Å²) in [4.78, 5) is 0. The molecule has 2 nitrogen and oxygen atoms in total. The minimum atomic E-state index is 0.448. The molecule has 1 saturated heterocycles. The first-order valence-electron chi connectivity index (χ1n) is 9.33. The predicted octanol–water partition coefficient (Wildman–Crippen LogP) is 5.89. The number of fused-ring (bicyclic) bond motifs is 7. The fourth-order valence-corrected chi connectivity index (χ4v) is 4.37. The Kier molecular flexibility index (Phi) is 2.94. The number of epoxide rings is 1. The highest BCUT2D eigenvalue weighted by atomic mass is 16.6. The Morgan fingerprint density at radius 1 is 0.731 bits per heavy atom. The molecule has 6 rings (SSSR count). The molecular formula is C24H19NO. The lowest BCUT2D eigenvalue weighted by molar-refractivity contribution is 0.387. The van der Waals surface area contributed by atoms with Gasteiger partial charge in [-0.3, -0.25) is 0 Å². The maximum Gasteiger partial charge on any atom is 0.0826 e. The number of rotatable bonds is 3. The van der Waals surface area contributed by atoms with E-state index in [9.17, 15) is 0 Å². The third-order valence-corrected chi connectivity index (χ3v) is 5.72. The van der Waals surface area contributed by atoms with Crippen molar-refractivity contribution in [2.45, 2.75) is 19.1 Å². The maximum absolute atomic E-state index is 5.46. The van der Waals surface area contributed by atoms with E-state index in [0.29, 0.717) is 6.10 Å². The summed E-state index contributed by atoms with van der Waals surface area (Å²) >= 11 is 0. The third kappa shape index (κ3) is 2.03. The summed E-state index contributed by atoms with van der Waals surface area (Å²) in [6.45, 7) is 1.92. The molecule has 1 atom stereocenters. The summed E-state index contributed by atoms with van der Waals surface area (Å²) < 4.78 is 7.95. The van der Waals surface area contributed by atoms with Crippen LogP contribution in [-0.2, 0) is 11.3 Å². The van der Waals surface area contributed by atoms with Gasteiger partial charge in [-0.1, -0.05) is 60.7 Å². The quantitative estimate of drug-likeness (QED) is 0.375. The SMILES string of the molecule is c1ccc2c(c1)ccc1c2c2c3ccccc3ccc2n1CCC1CO1. The van der Waals surface area contributed by atoms with E-state index in [1.54, 1.807) is 0 Å². The van der Waals surface area contributed by atoms with Gasteiger partial charge in [0.2, 0.25) is 0 Å². The van der Waals surface area contributed by atoms with Crippen LogP contribution in [0.25, 0.3) is 43.4 Å². The first-order chi connectivity index (χ1) is 12.9. The van der Waals surface area contributed by atoms with Gasteiger partial charge in [0.25, 0.3) is 0 Å². The zero-order chi connectivity index (χ0) is 17.1. The van der Waals surface area contributed by atoms with Crippen molar-refractivity contribution in [2.75, 3.05) is 6.61 Å². The van der Waals surface area contributed by atoms with Gasteiger partial charge in [-0.2, -0.15) is 0 Å². The number of hydrogen-bond acceptors (Lipinski definition) is 1. The van der Waals surface area contributed by atoms with Gasteiger partial charge in [0.1, 0.15) is 0 Å². The summed E-state index contributed by atoms with van der Waals surface area (Å²) in [5.41, 5.74) is 2.66. The molecule has 0 radical (unpaired) electrons. The van der Waals surface area contributed by atoms with Crippen molar-refractivity contribution in [3.63, 3.8) is 0 Å². The van der Waals surface area contributed by atoms with E-state index in [1.165, 1.54) is 43.4 Å². The van der Waals surface area contributed by atoms with Gasteiger partial charge in [0.15, 0.2) is 0 Å². The van der Waals surface area contributed by atoms with Crippen LogP contribution in [-0.4, -0.2) is 17.3 Å². The van der Waals surface area contributed by atoms with E-state index in [-0.39, 0.29) is 0 Å². The zero-order valence-electron chi connectivity index (χ0n) is 14.5. The fourth-order valence-electron chi connectivity index (χ4n) is 4.37. The molecule has 0 amide bonds. The second-order valence-electron chi connectivity index (χ2n) is 7.26. The molecule has 26 heavy (non-hydrogen) atoms. The number of nitrogens with zero attached hydrogens (tertiary/aromatic N) is 1. The topological polar surface area (TPSA) is 17.5 Å². The van der Waals surface area contributed by atoms with Crippen LogP contribution in [0.2, 0.25) is 0 Å². The normalized spacial score (nSPS) is 16.8. The van der Waals surface area contributed by atoms with Gasteiger partial charge in [-0.05, 0) is 40.1 Å². The third-order valence-electron chi connectivity index (χ3n) is 5.72. The standard InChI is InChI=1S/C24H19NO/c1-3-7-19-16(5-1)9-11-21-23(19)24-20-8-4-2-6-17(20)10-12-22(24)25(21)14-13-18-15-26-18/h1-12,18H,13-15H2. The van der Waals surface area contributed by atoms with Gasteiger partial charge in [-0.15, -0.1) is 0 Å². The van der Waals surface area contributed by atoms with Crippen molar-refractivity contribution in [2.24, 2.45) is 0 Å². The maximum atomic E-state index is 5.46. The van der Waals surface area contributed by atoms with Gasteiger partial charge in [0.05, 0.1) is 12.7 Å². The van der Waals surface area contributed by atoms with Gasteiger partial charge in [-0.25, -0.2) is 0 Å². The Hall–Kier alpha value is -2.84.